The van der Waals surface area contributed by atoms with Crippen LogP contribution in [0.5, 0.6) is 0 Å². The van der Waals surface area contributed by atoms with Crippen LogP contribution in [0.2, 0.25) is 5.02 Å². The standard InChI is InChI=1S/C18H20ClN3O2/c1-2-3-4-17(23)22-16-6-5-14(12-15(16)19)21-18(24)11-13-7-9-20-10-8-13/h5-10,12H,2-4,11H2,1H3,(H,21,24)(H,22,23). The molecule has 2 N–H and O–H groups in total. The second-order valence-electron chi connectivity index (χ2n) is 5.43. The summed E-state index contributed by atoms with van der Waals surface area (Å²) >= 11 is 6.18. The fourth-order valence-electron chi connectivity index (χ4n) is 2.14. The maximum absolute atomic E-state index is 12.0. The Labute approximate surface area is 146 Å². The monoisotopic (exact) mass is 345 g/mol. The van der Waals surface area contributed by atoms with Crippen molar-refractivity contribution in [2.24, 2.45) is 0 Å². The van der Waals surface area contributed by atoms with Gasteiger partial charge >= 0.3 is 0 Å². The molecule has 1 aromatic heterocycles. The number of hydrogen-bond acceptors (Lipinski definition) is 3. The predicted octanol–water partition coefficient (Wildman–Crippen LogP) is 4.04. The summed E-state index contributed by atoms with van der Waals surface area (Å²) in [6.45, 7) is 2.03. The topological polar surface area (TPSA) is 71.1 Å². The molecule has 0 aliphatic carbocycles. The van der Waals surface area contributed by atoms with Gasteiger partial charge in [0.2, 0.25) is 11.8 Å². The number of nitrogens with one attached hydrogen (secondary N) is 2. The summed E-state index contributed by atoms with van der Waals surface area (Å²) in [4.78, 5) is 27.7. The minimum absolute atomic E-state index is 0.0618. The Morgan fingerprint density at radius 3 is 2.50 bits per heavy atom. The van der Waals surface area contributed by atoms with E-state index in [1.165, 1.54) is 0 Å². The van der Waals surface area contributed by atoms with Gasteiger partial charge in [0.25, 0.3) is 0 Å². The highest BCUT2D eigenvalue weighted by atomic mass is 35.5. The third-order valence-corrected chi connectivity index (χ3v) is 3.71. The minimum atomic E-state index is -0.142. The zero-order valence-electron chi connectivity index (χ0n) is 13.5. The van der Waals surface area contributed by atoms with Crippen molar-refractivity contribution in [2.75, 3.05) is 10.6 Å². The fraction of sp³-hybridized carbons (Fsp3) is 0.278. The summed E-state index contributed by atoms with van der Waals surface area (Å²) in [6.07, 6.45) is 5.83. The van der Waals surface area contributed by atoms with E-state index in [0.717, 1.165) is 18.4 Å². The van der Waals surface area contributed by atoms with Crippen molar-refractivity contribution >= 4 is 34.8 Å². The van der Waals surface area contributed by atoms with Crippen molar-refractivity contribution in [2.45, 2.75) is 32.6 Å². The van der Waals surface area contributed by atoms with Crippen molar-refractivity contribution in [3.8, 4) is 0 Å². The normalized spacial score (nSPS) is 10.2. The molecule has 0 fully saturated rings. The highest BCUT2D eigenvalue weighted by Gasteiger charge is 2.08. The molecule has 6 heteroatoms. The van der Waals surface area contributed by atoms with Gasteiger partial charge in [-0.3, -0.25) is 14.6 Å². The van der Waals surface area contributed by atoms with Crippen molar-refractivity contribution < 1.29 is 9.59 Å². The number of halogens is 1. The third kappa shape index (κ3) is 5.66. The minimum Gasteiger partial charge on any atom is -0.326 e. The summed E-state index contributed by atoms with van der Waals surface area (Å²) in [5.74, 6) is -0.203. The number of benzene rings is 1. The summed E-state index contributed by atoms with van der Waals surface area (Å²) in [7, 11) is 0. The molecule has 0 saturated heterocycles. The molecule has 0 aliphatic rings. The largest absolute Gasteiger partial charge is 0.326 e. The van der Waals surface area contributed by atoms with Gasteiger partial charge in [0, 0.05) is 24.5 Å². The van der Waals surface area contributed by atoms with E-state index < -0.39 is 0 Å². The van der Waals surface area contributed by atoms with Gasteiger partial charge in [-0.2, -0.15) is 0 Å². The van der Waals surface area contributed by atoms with Crippen LogP contribution in [0.1, 0.15) is 31.7 Å². The number of carbonyl (C=O) groups excluding carboxylic acids is 2. The lowest BCUT2D eigenvalue weighted by Gasteiger charge is -2.10. The van der Waals surface area contributed by atoms with Gasteiger partial charge in [0.05, 0.1) is 17.1 Å². The molecule has 0 unspecified atom stereocenters. The second-order valence-corrected chi connectivity index (χ2v) is 5.83. The Kier molecular flexibility index (Phi) is 6.75. The van der Waals surface area contributed by atoms with Crippen LogP contribution in [0.25, 0.3) is 0 Å². The first-order valence-electron chi connectivity index (χ1n) is 7.86. The van der Waals surface area contributed by atoms with Crippen molar-refractivity contribution in [1.29, 1.82) is 0 Å². The molecule has 2 rings (SSSR count). The number of unbranched alkanes of at least 4 members (excludes halogenated alkanes) is 1. The summed E-state index contributed by atoms with van der Waals surface area (Å²) in [6, 6.07) is 8.62. The zero-order valence-corrected chi connectivity index (χ0v) is 14.3. The lowest BCUT2D eigenvalue weighted by atomic mass is 10.2. The van der Waals surface area contributed by atoms with Gasteiger partial charge in [0.1, 0.15) is 0 Å². The van der Waals surface area contributed by atoms with E-state index >= 15 is 0 Å². The Bertz CT molecular complexity index is 705. The molecule has 0 saturated carbocycles. The molecule has 1 aromatic carbocycles. The fourth-order valence-corrected chi connectivity index (χ4v) is 2.36. The Morgan fingerprint density at radius 2 is 1.83 bits per heavy atom. The molecule has 5 nitrogen and oxygen atoms in total. The number of pyridine rings is 1. The first-order valence-corrected chi connectivity index (χ1v) is 8.24. The molecule has 0 aliphatic heterocycles. The summed E-state index contributed by atoms with van der Waals surface area (Å²) < 4.78 is 0. The summed E-state index contributed by atoms with van der Waals surface area (Å²) in [5.41, 5.74) is 2.02. The number of hydrogen-bond donors (Lipinski definition) is 2. The summed E-state index contributed by atoms with van der Waals surface area (Å²) in [5, 5.41) is 5.95. The van der Waals surface area contributed by atoms with E-state index in [9.17, 15) is 9.59 Å². The quantitative estimate of drug-likeness (QED) is 0.795. The van der Waals surface area contributed by atoms with Crippen LogP contribution in [0.3, 0.4) is 0 Å². The maximum atomic E-state index is 12.0. The van der Waals surface area contributed by atoms with Crippen LogP contribution < -0.4 is 10.6 Å². The number of anilines is 2. The highest BCUT2D eigenvalue weighted by molar-refractivity contribution is 6.34. The van der Waals surface area contributed by atoms with Crippen LogP contribution in [0.15, 0.2) is 42.7 Å². The van der Waals surface area contributed by atoms with Gasteiger partial charge in [0.15, 0.2) is 0 Å². The smallest absolute Gasteiger partial charge is 0.228 e. The molecule has 0 bridgehead atoms. The Hall–Kier alpha value is -2.40. The average Bonchev–Trinajstić information content (AvgIpc) is 2.56. The number of nitrogens with zero attached hydrogens (tertiary/aromatic N) is 1. The molecular formula is C18H20ClN3O2. The predicted molar refractivity (Wildman–Crippen MR) is 96.2 cm³/mol. The molecular weight excluding hydrogens is 326 g/mol. The van der Waals surface area contributed by atoms with E-state index in [1.807, 2.05) is 6.92 Å². The van der Waals surface area contributed by atoms with Crippen LogP contribution in [0, 0.1) is 0 Å². The highest BCUT2D eigenvalue weighted by Crippen LogP contribution is 2.26. The molecule has 126 valence electrons. The van der Waals surface area contributed by atoms with E-state index in [0.29, 0.717) is 22.8 Å². The number of amides is 2. The third-order valence-electron chi connectivity index (χ3n) is 3.40. The van der Waals surface area contributed by atoms with Gasteiger partial charge in [-0.25, -0.2) is 0 Å². The van der Waals surface area contributed by atoms with Crippen LogP contribution in [-0.4, -0.2) is 16.8 Å². The van der Waals surface area contributed by atoms with Crippen LogP contribution in [0.4, 0.5) is 11.4 Å². The van der Waals surface area contributed by atoms with Crippen LogP contribution >= 0.6 is 11.6 Å². The maximum Gasteiger partial charge on any atom is 0.228 e. The van der Waals surface area contributed by atoms with Gasteiger partial charge in [-0.05, 0) is 42.3 Å². The van der Waals surface area contributed by atoms with E-state index in [1.54, 1.807) is 42.7 Å². The van der Waals surface area contributed by atoms with Crippen molar-refractivity contribution in [3.63, 3.8) is 0 Å². The van der Waals surface area contributed by atoms with E-state index in [-0.39, 0.29) is 18.2 Å². The van der Waals surface area contributed by atoms with E-state index in [4.69, 9.17) is 11.6 Å². The molecule has 0 spiro atoms. The van der Waals surface area contributed by atoms with Crippen molar-refractivity contribution in [1.82, 2.24) is 4.98 Å². The number of rotatable bonds is 7. The van der Waals surface area contributed by atoms with E-state index in [2.05, 4.69) is 15.6 Å². The van der Waals surface area contributed by atoms with Gasteiger partial charge in [-0.1, -0.05) is 24.9 Å². The van der Waals surface area contributed by atoms with Gasteiger partial charge in [-0.15, -0.1) is 0 Å². The van der Waals surface area contributed by atoms with Gasteiger partial charge < -0.3 is 10.6 Å². The lowest BCUT2D eigenvalue weighted by Crippen LogP contribution is -2.15. The van der Waals surface area contributed by atoms with Crippen molar-refractivity contribution in [3.05, 3.63) is 53.3 Å². The average molecular weight is 346 g/mol. The molecule has 24 heavy (non-hydrogen) atoms. The second kappa shape index (κ2) is 9.03. The van der Waals surface area contributed by atoms with Crippen LogP contribution in [-0.2, 0) is 16.0 Å². The zero-order chi connectivity index (χ0) is 17.4. The molecule has 0 radical (unpaired) electrons. The molecule has 0 atom stereocenters. The molecule has 2 amide bonds. The number of aromatic nitrogens is 1. The SMILES string of the molecule is CCCCC(=O)Nc1ccc(NC(=O)Cc2ccncc2)cc1Cl. The number of carbonyl (C=O) groups is 2. The Morgan fingerprint density at radius 1 is 1.08 bits per heavy atom. The molecule has 2 aromatic rings. The molecule has 1 heterocycles. The first-order chi connectivity index (χ1) is 11.6. The lowest BCUT2D eigenvalue weighted by molar-refractivity contribution is -0.116. The first kappa shape index (κ1) is 17.9. The Balaban J connectivity index is 1.94.